The van der Waals surface area contributed by atoms with Gasteiger partial charge in [-0.2, -0.15) is 9.59 Å². The number of nitrogens with zero attached hydrogens (tertiary/aromatic N) is 2. The summed E-state index contributed by atoms with van der Waals surface area (Å²) in [7, 11) is 5.11. The van der Waals surface area contributed by atoms with E-state index in [9.17, 15) is 19.8 Å². The van der Waals surface area contributed by atoms with Crippen LogP contribution >= 0.6 is 41.1 Å². The molecule has 1 radical (unpaired) electrons. The van der Waals surface area contributed by atoms with E-state index in [2.05, 4.69) is 180 Å². The molecule has 26 heteroatoms. The molecule has 2 aliphatic rings. The van der Waals surface area contributed by atoms with Crippen molar-refractivity contribution in [1.29, 1.82) is 0 Å². The van der Waals surface area contributed by atoms with Crippen LogP contribution < -0.4 is 18.1 Å². The number of aromatic hydroxyl groups is 2. The van der Waals surface area contributed by atoms with E-state index in [0.717, 1.165) is 54.5 Å². The molecule has 0 bridgehead atoms. The van der Waals surface area contributed by atoms with Crippen LogP contribution in [0.3, 0.4) is 0 Å². The number of quaternary nitrogens is 1. The Balaban J connectivity index is -0.000000384. The van der Waals surface area contributed by atoms with E-state index in [1.165, 1.54) is 25.0 Å². The van der Waals surface area contributed by atoms with Crippen LogP contribution in [0.4, 0.5) is 9.59 Å². The van der Waals surface area contributed by atoms with Crippen LogP contribution in [0, 0.1) is 0 Å². The number of benzene rings is 2. The Hall–Kier alpha value is -3.12. The molecule has 81 heavy (non-hydrogen) atoms. The van der Waals surface area contributed by atoms with Crippen LogP contribution in [-0.4, -0.2) is 164 Å². The summed E-state index contributed by atoms with van der Waals surface area (Å²) in [6.45, 7) is 30.2. The normalized spacial score (nSPS) is 16.3. The quantitative estimate of drug-likeness (QED) is 0.0199. The summed E-state index contributed by atoms with van der Waals surface area (Å²) >= 11 is 2.19. The van der Waals surface area contributed by atoms with Gasteiger partial charge in [0.25, 0.3) is 0 Å². The number of aliphatic carboxylic acids is 1. The molecule has 7 unspecified atom stereocenters. The van der Waals surface area contributed by atoms with E-state index in [4.69, 9.17) is 59.7 Å². The SMILES string of the molecule is CC(C)(C)c1cc(C=NC2CCCCC2N=Cc2cc(C(C)(C)C)cc(C(C)(C)C)c2O)c(O)c(C(C)(C)C)c1.CC(O)COC(=O)OCCOC(=O)OCC(C)O.CC1CO1.O=C(O)CO.O=C=O.OCCO.[Cl-].[Co].[NH3+]C(P)(P)I. The molecule has 21 nitrogen and oxygen atoms in total. The monoisotopic (exact) mass is 1370 g/mol. The van der Waals surface area contributed by atoms with Gasteiger partial charge in [0.05, 0.1) is 50.2 Å². The number of aliphatic hydroxyl groups is 5. The molecule has 2 aromatic carbocycles. The van der Waals surface area contributed by atoms with Gasteiger partial charge in [0.15, 0.2) is 3.03 Å². The third-order valence-electron chi connectivity index (χ3n) is 10.3. The standard InChI is InChI=1S/C36H54N2O2.C10H18O8.C3H6O.C2H4O3.C2H6O2.CH6INP2.CO2.ClH.Co/c1-33(2,3)25-17-23(31(39)27(19-25)35(7,8)9)21-37-29-15-13-14-16-30(29)38-22-24-18-26(34(4,5)6)20-28(32(24)40)36(10,11)12;1-7(11)5-17-9(13)15-3-4-16-10(14)18-6-8(2)12;1-3-2-4-3;3-1-2(4)5;3-1-2-4;2-1(3,4)5;2-1-3;;/h17-22,29-30,39-40H,13-16H2,1-12H3;7-8,11-12H,3-6H2,1-2H3;3H,2H2,1H3;3H,1H2,(H,4,5);3-4H,1-2H2;3-5H2;;1H;. The minimum Gasteiger partial charge on any atom is -1.00 e. The van der Waals surface area contributed by atoms with E-state index in [0.29, 0.717) is 17.6 Å². The Morgan fingerprint density at radius 2 is 0.975 bits per heavy atom. The number of halogens is 2. The number of phenols is 2. The number of alkyl halides is 1. The Kier molecular flexibility index (Phi) is 46.5. The molecule has 0 amide bonds. The van der Waals surface area contributed by atoms with Gasteiger partial charge < -0.3 is 82.7 Å². The predicted molar refractivity (Wildman–Crippen MR) is 319 cm³/mol. The van der Waals surface area contributed by atoms with Gasteiger partial charge in [0.2, 0.25) is 0 Å². The topological polar surface area (TPSA) is 349 Å². The van der Waals surface area contributed by atoms with Crippen molar-refractivity contribution in [1.82, 2.24) is 0 Å². The fraction of sp³-hybridized carbons (Fsp3) is 0.673. The van der Waals surface area contributed by atoms with Crippen molar-refractivity contribution < 1.29 is 123 Å². The molecular weight excluding hydrogens is 1270 g/mol. The predicted octanol–water partition coefficient (Wildman–Crippen LogP) is 4.07. The minimum absolute atomic E-state index is 0. The van der Waals surface area contributed by atoms with Gasteiger partial charge in [-0.3, -0.25) is 9.98 Å². The van der Waals surface area contributed by atoms with Crippen molar-refractivity contribution >= 4 is 77.9 Å². The number of carboxylic acid groups (broad SMARTS) is 1. The molecule has 1 heterocycles. The van der Waals surface area contributed by atoms with Gasteiger partial charge in [0, 0.05) is 51.5 Å². The molecular formula is C55H95ClCoIN3O18P2. The van der Waals surface area contributed by atoms with Crippen LogP contribution in [-0.2, 0) is 76.5 Å². The third-order valence-corrected chi connectivity index (χ3v) is 10.3. The van der Waals surface area contributed by atoms with Crippen molar-refractivity contribution in [3.63, 3.8) is 0 Å². The van der Waals surface area contributed by atoms with E-state index in [1.54, 1.807) is 0 Å². The number of rotatable bonds is 13. The number of carbonyl (C=O) groups is 3. The number of aliphatic imine (C=N–C) groups is 2. The zero-order chi connectivity index (χ0) is 62.1. The van der Waals surface area contributed by atoms with E-state index >= 15 is 0 Å². The Labute approximate surface area is 514 Å². The van der Waals surface area contributed by atoms with Crippen molar-refractivity contribution in [2.45, 2.75) is 185 Å². The van der Waals surface area contributed by atoms with Crippen LogP contribution in [0.2, 0.25) is 0 Å². The fourth-order valence-corrected chi connectivity index (χ4v) is 6.12. The number of hydrogen-bond acceptors (Lipinski definition) is 19. The number of hydrogen-bond donors (Lipinski definition) is 9. The molecule has 1 saturated carbocycles. The van der Waals surface area contributed by atoms with Crippen molar-refractivity contribution in [2.75, 3.05) is 52.9 Å². The van der Waals surface area contributed by atoms with Gasteiger partial charge in [-0.05, 0) is 101 Å². The second kappa shape index (κ2) is 43.5. The number of aliphatic hydroxyl groups excluding tert-OH is 5. The first-order valence-corrected chi connectivity index (χ1v) is 27.9. The average molecular weight is 1370 g/mol. The summed E-state index contributed by atoms with van der Waals surface area (Å²) in [4.78, 5) is 57.1. The maximum absolute atomic E-state index is 11.2. The van der Waals surface area contributed by atoms with Crippen molar-refractivity contribution in [3.8, 4) is 11.5 Å². The van der Waals surface area contributed by atoms with E-state index in [-0.39, 0.29) is 112 Å². The second-order valence-corrected chi connectivity index (χ2v) is 29.7. The molecule has 7 atom stereocenters. The molecule has 1 aliphatic heterocycles. The summed E-state index contributed by atoms with van der Waals surface area (Å²) < 4.78 is 22.7. The maximum atomic E-state index is 11.2. The molecule has 0 aromatic heterocycles. The van der Waals surface area contributed by atoms with Gasteiger partial charge in [-0.25, -0.2) is 14.4 Å². The molecule has 1 aliphatic carbocycles. The first kappa shape index (κ1) is 86.7. The number of carboxylic acids is 1. The summed E-state index contributed by atoms with van der Waals surface area (Å²) in [5, 5.41) is 70.3. The molecule has 11 N–H and O–H groups in total. The molecule has 1 saturated heterocycles. The molecule has 2 fully saturated rings. The summed E-state index contributed by atoms with van der Waals surface area (Å²) in [5.41, 5.74) is 9.08. The Morgan fingerprint density at radius 3 is 1.17 bits per heavy atom. The largest absolute Gasteiger partial charge is 1.00 e. The van der Waals surface area contributed by atoms with Crippen molar-refractivity contribution in [3.05, 3.63) is 57.6 Å². The van der Waals surface area contributed by atoms with Crippen molar-refractivity contribution in [2.24, 2.45) is 9.98 Å². The minimum atomic E-state index is -1.19. The maximum Gasteiger partial charge on any atom is 0.508 e. The summed E-state index contributed by atoms with van der Waals surface area (Å²) in [6, 6.07) is 8.53. The van der Waals surface area contributed by atoms with E-state index in [1.807, 2.05) is 12.4 Å². The van der Waals surface area contributed by atoms with Crippen LogP contribution in [0.1, 0.15) is 163 Å². The average Bonchev–Trinajstić information content (AvgIpc) is 4.11. The first-order valence-electron chi connectivity index (χ1n) is 25.7. The van der Waals surface area contributed by atoms with Gasteiger partial charge in [-0.15, -0.1) is 0 Å². The van der Waals surface area contributed by atoms with Gasteiger partial charge in [-0.1, -0.05) is 127 Å². The summed E-state index contributed by atoms with van der Waals surface area (Å²) in [5.74, 6) is -0.553. The molecule has 471 valence electrons. The Morgan fingerprint density at radius 1 is 0.704 bits per heavy atom. The fourth-order valence-electron chi connectivity index (χ4n) is 6.12. The third kappa shape index (κ3) is 45.9. The number of phenolic OH excluding ortho intramolecular Hbond substituents is 2. The number of epoxide rings is 1. The number of ether oxygens (including phenoxy) is 5. The van der Waals surface area contributed by atoms with Crippen LogP contribution in [0.15, 0.2) is 34.3 Å². The smallest absolute Gasteiger partial charge is 0.508 e. The molecule has 4 rings (SSSR count). The second-order valence-electron chi connectivity index (χ2n) is 22.6. The van der Waals surface area contributed by atoms with Gasteiger partial charge in [0.1, 0.15) is 44.5 Å². The first-order chi connectivity index (χ1) is 36.1. The zero-order valence-electron chi connectivity index (χ0n) is 49.8. The zero-order valence-corrected chi connectivity index (χ0v) is 56.1. The van der Waals surface area contributed by atoms with Crippen LogP contribution in [0.25, 0.3) is 0 Å². The van der Waals surface area contributed by atoms with E-state index < -0.39 is 37.1 Å². The Bertz CT molecular complexity index is 2050. The number of carbonyl (C=O) groups excluding carboxylic acids is 4. The van der Waals surface area contributed by atoms with Crippen LogP contribution in [0.5, 0.6) is 11.5 Å². The molecule has 0 spiro atoms. The molecule has 2 aromatic rings. The van der Waals surface area contributed by atoms with Gasteiger partial charge >= 0.3 is 24.4 Å². The summed E-state index contributed by atoms with van der Waals surface area (Å²) in [6.07, 6.45) is 5.27.